The lowest BCUT2D eigenvalue weighted by Crippen LogP contribution is -2.11. The van der Waals surface area contributed by atoms with Crippen molar-refractivity contribution in [1.82, 2.24) is 9.38 Å². The maximum absolute atomic E-state index is 14.3. The number of esters is 1. The molecule has 0 fully saturated rings. The first-order valence-electron chi connectivity index (χ1n) is 6.98. The van der Waals surface area contributed by atoms with Crippen LogP contribution in [0.25, 0.3) is 5.52 Å². The summed E-state index contributed by atoms with van der Waals surface area (Å²) in [7, 11) is 1.33. The number of methoxy groups -OCH3 is 1. The second kappa shape index (κ2) is 6.42. The SMILES string of the molecule is COC(=O)c1ccc2cncn2c1Cc1ccc(SC)cc1F. The smallest absolute Gasteiger partial charge is 0.339 e. The number of fused-ring (bicyclic) bond motifs is 1. The van der Waals surface area contributed by atoms with Crippen LogP contribution in [0, 0.1) is 5.82 Å². The van der Waals surface area contributed by atoms with Crippen LogP contribution in [0.3, 0.4) is 0 Å². The third-order valence-electron chi connectivity index (χ3n) is 3.71. The Morgan fingerprint density at radius 1 is 1.35 bits per heavy atom. The summed E-state index contributed by atoms with van der Waals surface area (Å²) < 4.78 is 20.9. The van der Waals surface area contributed by atoms with Gasteiger partial charge in [-0.25, -0.2) is 14.2 Å². The van der Waals surface area contributed by atoms with E-state index >= 15 is 0 Å². The van der Waals surface area contributed by atoms with Gasteiger partial charge in [-0.05, 0) is 36.1 Å². The minimum Gasteiger partial charge on any atom is -0.465 e. The monoisotopic (exact) mass is 330 g/mol. The zero-order valence-corrected chi connectivity index (χ0v) is 13.6. The lowest BCUT2D eigenvalue weighted by molar-refractivity contribution is 0.0599. The van der Waals surface area contributed by atoms with Crippen LogP contribution in [0.4, 0.5) is 4.39 Å². The van der Waals surface area contributed by atoms with Crippen molar-refractivity contribution in [3.05, 3.63) is 65.5 Å². The summed E-state index contributed by atoms with van der Waals surface area (Å²) in [6.45, 7) is 0. The number of thioether (sulfide) groups is 1. The maximum Gasteiger partial charge on any atom is 0.339 e. The Morgan fingerprint density at radius 2 is 2.17 bits per heavy atom. The number of rotatable bonds is 4. The van der Waals surface area contributed by atoms with E-state index in [1.54, 1.807) is 35.1 Å². The van der Waals surface area contributed by atoms with E-state index in [1.807, 2.05) is 12.3 Å². The third kappa shape index (κ3) is 2.94. The molecule has 4 nitrogen and oxygen atoms in total. The number of carbonyl (C=O) groups excluding carboxylic acids is 1. The average Bonchev–Trinajstić information content (AvgIpc) is 3.05. The molecule has 3 rings (SSSR count). The van der Waals surface area contributed by atoms with Crippen molar-refractivity contribution in [2.45, 2.75) is 11.3 Å². The normalized spacial score (nSPS) is 10.9. The minimum absolute atomic E-state index is 0.276. The molecule has 118 valence electrons. The van der Waals surface area contributed by atoms with E-state index in [0.717, 1.165) is 10.4 Å². The molecule has 0 N–H and O–H groups in total. The number of ether oxygens (including phenoxy) is 1. The molecule has 2 aromatic heterocycles. The summed E-state index contributed by atoms with van der Waals surface area (Å²) in [4.78, 5) is 17.0. The second-order valence-electron chi connectivity index (χ2n) is 5.01. The quantitative estimate of drug-likeness (QED) is 0.542. The molecule has 0 aliphatic heterocycles. The van der Waals surface area contributed by atoms with Crippen molar-refractivity contribution in [1.29, 1.82) is 0 Å². The number of nitrogens with zero attached hydrogens (tertiary/aromatic N) is 2. The molecule has 0 aliphatic carbocycles. The molecule has 0 unspecified atom stereocenters. The predicted molar refractivity (Wildman–Crippen MR) is 87.5 cm³/mol. The van der Waals surface area contributed by atoms with Gasteiger partial charge < -0.3 is 9.14 Å². The highest BCUT2D eigenvalue weighted by Crippen LogP contribution is 2.23. The van der Waals surface area contributed by atoms with E-state index in [4.69, 9.17) is 4.74 Å². The third-order valence-corrected chi connectivity index (χ3v) is 4.44. The number of hydrogen-bond acceptors (Lipinski definition) is 4. The molecule has 2 heterocycles. The Bertz CT molecular complexity index is 876. The Morgan fingerprint density at radius 3 is 2.87 bits per heavy atom. The number of aromatic nitrogens is 2. The lowest BCUT2D eigenvalue weighted by atomic mass is 10.0. The molecule has 23 heavy (non-hydrogen) atoms. The Balaban J connectivity index is 2.11. The first-order valence-corrected chi connectivity index (χ1v) is 8.21. The van der Waals surface area contributed by atoms with Gasteiger partial charge in [0.05, 0.1) is 30.7 Å². The summed E-state index contributed by atoms with van der Waals surface area (Å²) in [6, 6.07) is 8.60. The van der Waals surface area contributed by atoms with Crippen molar-refractivity contribution in [2.75, 3.05) is 13.4 Å². The van der Waals surface area contributed by atoms with E-state index in [9.17, 15) is 9.18 Å². The molecule has 0 atom stereocenters. The molecule has 0 saturated carbocycles. The number of hydrogen-bond donors (Lipinski definition) is 0. The molecule has 3 aromatic rings. The van der Waals surface area contributed by atoms with Crippen molar-refractivity contribution in [3.8, 4) is 0 Å². The summed E-state index contributed by atoms with van der Waals surface area (Å²) in [5.74, 6) is -0.735. The molecule has 0 amide bonds. The Kier molecular flexibility index (Phi) is 4.34. The van der Waals surface area contributed by atoms with Gasteiger partial charge in [0.1, 0.15) is 5.82 Å². The number of imidazole rings is 1. The average molecular weight is 330 g/mol. The van der Waals surface area contributed by atoms with Crippen LogP contribution >= 0.6 is 11.8 Å². The van der Waals surface area contributed by atoms with Gasteiger partial charge in [-0.1, -0.05) is 6.07 Å². The highest BCUT2D eigenvalue weighted by Gasteiger charge is 2.17. The molecular weight excluding hydrogens is 315 g/mol. The molecule has 6 heteroatoms. The first kappa shape index (κ1) is 15.6. The zero-order chi connectivity index (χ0) is 16.4. The van der Waals surface area contributed by atoms with E-state index in [0.29, 0.717) is 16.8 Å². The number of benzene rings is 1. The van der Waals surface area contributed by atoms with Crippen molar-refractivity contribution >= 4 is 23.2 Å². The van der Waals surface area contributed by atoms with Gasteiger partial charge in [-0.3, -0.25) is 0 Å². The van der Waals surface area contributed by atoms with Crippen LogP contribution in [0.1, 0.15) is 21.6 Å². The van der Waals surface area contributed by atoms with Gasteiger partial charge in [-0.2, -0.15) is 0 Å². The molecular formula is C17H15FN2O2S. The number of carbonyl (C=O) groups is 1. The van der Waals surface area contributed by atoms with Gasteiger partial charge in [0, 0.05) is 17.0 Å². The van der Waals surface area contributed by atoms with Crippen LogP contribution in [0.5, 0.6) is 0 Å². The van der Waals surface area contributed by atoms with Crippen LogP contribution in [0.15, 0.2) is 47.8 Å². The highest BCUT2D eigenvalue weighted by molar-refractivity contribution is 7.98. The van der Waals surface area contributed by atoms with Crippen molar-refractivity contribution in [2.24, 2.45) is 0 Å². The molecule has 0 radical (unpaired) electrons. The molecule has 0 saturated heterocycles. The van der Waals surface area contributed by atoms with Crippen LogP contribution in [-0.2, 0) is 11.2 Å². The van der Waals surface area contributed by atoms with E-state index in [2.05, 4.69) is 4.98 Å². The van der Waals surface area contributed by atoms with Crippen molar-refractivity contribution < 1.29 is 13.9 Å². The van der Waals surface area contributed by atoms with Crippen molar-refractivity contribution in [3.63, 3.8) is 0 Å². The van der Waals surface area contributed by atoms with Gasteiger partial charge >= 0.3 is 5.97 Å². The summed E-state index contributed by atoms with van der Waals surface area (Å²) >= 11 is 1.48. The van der Waals surface area contributed by atoms with Crippen LogP contribution in [0.2, 0.25) is 0 Å². The van der Waals surface area contributed by atoms with Gasteiger partial charge in [0.15, 0.2) is 0 Å². The minimum atomic E-state index is -0.447. The predicted octanol–water partition coefficient (Wildman–Crippen LogP) is 3.57. The Hall–Kier alpha value is -2.34. The summed E-state index contributed by atoms with van der Waals surface area (Å²) in [5.41, 5.74) is 2.43. The summed E-state index contributed by atoms with van der Waals surface area (Å²) in [6.07, 6.45) is 5.48. The highest BCUT2D eigenvalue weighted by atomic mass is 32.2. The largest absolute Gasteiger partial charge is 0.465 e. The molecule has 1 aromatic carbocycles. The zero-order valence-electron chi connectivity index (χ0n) is 12.7. The standard InChI is InChI=1S/C17H15FN2O2S/c1-22-17(21)14-6-4-12-9-19-10-20(12)16(14)7-11-3-5-13(23-2)8-15(11)18/h3-6,8-10H,7H2,1-2H3. The molecule has 0 spiro atoms. The first-order chi connectivity index (χ1) is 11.1. The molecule has 0 aliphatic rings. The van der Waals surface area contributed by atoms with Crippen LogP contribution in [-0.4, -0.2) is 28.7 Å². The summed E-state index contributed by atoms with van der Waals surface area (Å²) in [5, 5.41) is 0. The topological polar surface area (TPSA) is 43.6 Å². The maximum atomic E-state index is 14.3. The fourth-order valence-corrected chi connectivity index (χ4v) is 2.93. The second-order valence-corrected chi connectivity index (χ2v) is 5.89. The van der Waals surface area contributed by atoms with Gasteiger partial charge in [0.2, 0.25) is 0 Å². The fourth-order valence-electron chi connectivity index (χ4n) is 2.50. The fraction of sp³-hybridized carbons (Fsp3) is 0.176. The van der Waals surface area contributed by atoms with E-state index in [1.165, 1.54) is 24.9 Å². The van der Waals surface area contributed by atoms with Gasteiger partial charge in [0.25, 0.3) is 0 Å². The van der Waals surface area contributed by atoms with E-state index in [-0.39, 0.29) is 12.2 Å². The van der Waals surface area contributed by atoms with E-state index < -0.39 is 5.97 Å². The number of pyridine rings is 1. The lowest BCUT2D eigenvalue weighted by Gasteiger charge is -2.12. The van der Waals surface area contributed by atoms with Crippen LogP contribution < -0.4 is 0 Å². The Labute approximate surface area is 137 Å². The number of halogens is 1. The molecule has 0 bridgehead atoms. The van der Waals surface area contributed by atoms with Gasteiger partial charge in [-0.15, -0.1) is 11.8 Å².